The largest absolute Gasteiger partial charge is 0.396 e. The van der Waals surface area contributed by atoms with Crippen molar-refractivity contribution in [3.63, 3.8) is 0 Å². The van der Waals surface area contributed by atoms with Crippen LogP contribution in [0.25, 0.3) is 0 Å². The van der Waals surface area contributed by atoms with E-state index in [4.69, 9.17) is 5.11 Å². The van der Waals surface area contributed by atoms with Gasteiger partial charge in [0.15, 0.2) is 0 Å². The van der Waals surface area contributed by atoms with Crippen molar-refractivity contribution in [2.24, 2.45) is 17.3 Å². The van der Waals surface area contributed by atoms with Gasteiger partial charge in [-0.1, -0.05) is 27.2 Å². The Bertz CT molecular complexity index is 273. The van der Waals surface area contributed by atoms with Crippen molar-refractivity contribution in [1.82, 2.24) is 10.6 Å². The van der Waals surface area contributed by atoms with E-state index >= 15 is 0 Å². The SMILES string of the molecule is CCC(CCO)CNC(=O)C(C)(C)C1CCCNC1. The molecular formula is C15H30N2O2. The molecule has 0 saturated carbocycles. The van der Waals surface area contributed by atoms with Crippen LogP contribution in [0.5, 0.6) is 0 Å². The predicted molar refractivity (Wildman–Crippen MR) is 77.9 cm³/mol. The second-order valence-electron chi connectivity index (χ2n) is 6.26. The predicted octanol–water partition coefficient (Wildman–Crippen LogP) is 1.54. The third-order valence-electron chi connectivity index (χ3n) is 4.57. The van der Waals surface area contributed by atoms with Gasteiger partial charge in [0.25, 0.3) is 0 Å². The number of amides is 1. The first-order valence-electron chi connectivity index (χ1n) is 7.62. The van der Waals surface area contributed by atoms with Crippen LogP contribution >= 0.6 is 0 Å². The maximum atomic E-state index is 12.4. The van der Waals surface area contributed by atoms with Crippen LogP contribution in [0.1, 0.15) is 46.5 Å². The summed E-state index contributed by atoms with van der Waals surface area (Å²) >= 11 is 0. The Kier molecular flexibility index (Phi) is 6.80. The van der Waals surface area contributed by atoms with Gasteiger partial charge >= 0.3 is 0 Å². The maximum Gasteiger partial charge on any atom is 0.225 e. The Morgan fingerprint density at radius 1 is 1.53 bits per heavy atom. The zero-order valence-corrected chi connectivity index (χ0v) is 12.7. The van der Waals surface area contributed by atoms with E-state index in [9.17, 15) is 4.79 Å². The molecule has 1 aliphatic rings. The Morgan fingerprint density at radius 2 is 2.26 bits per heavy atom. The molecule has 112 valence electrons. The molecule has 2 unspecified atom stereocenters. The van der Waals surface area contributed by atoms with Crippen LogP contribution in [0.4, 0.5) is 0 Å². The second-order valence-corrected chi connectivity index (χ2v) is 6.26. The fourth-order valence-corrected chi connectivity index (χ4v) is 2.75. The van der Waals surface area contributed by atoms with E-state index in [0.29, 0.717) is 18.4 Å². The molecule has 0 aromatic carbocycles. The van der Waals surface area contributed by atoms with Crippen LogP contribution in [0.3, 0.4) is 0 Å². The Labute approximate surface area is 117 Å². The first-order chi connectivity index (χ1) is 9.02. The van der Waals surface area contributed by atoms with Crippen LogP contribution in [-0.4, -0.2) is 37.3 Å². The fourth-order valence-electron chi connectivity index (χ4n) is 2.75. The monoisotopic (exact) mass is 270 g/mol. The van der Waals surface area contributed by atoms with E-state index in [1.165, 1.54) is 0 Å². The molecule has 1 heterocycles. The first kappa shape index (κ1) is 16.4. The van der Waals surface area contributed by atoms with Gasteiger partial charge in [-0.05, 0) is 44.2 Å². The van der Waals surface area contributed by atoms with E-state index in [2.05, 4.69) is 17.6 Å². The molecule has 1 fully saturated rings. The van der Waals surface area contributed by atoms with Crippen molar-refractivity contribution >= 4 is 5.91 Å². The van der Waals surface area contributed by atoms with Gasteiger partial charge in [0.1, 0.15) is 0 Å². The molecule has 0 aromatic rings. The molecule has 1 aliphatic heterocycles. The summed E-state index contributed by atoms with van der Waals surface area (Å²) in [6.45, 7) is 9.09. The number of rotatable bonds is 7. The highest BCUT2D eigenvalue weighted by molar-refractivity contribution is 5.82. The second kappa shape index (κ2) is 7.85. The minimum absolute atomic E-state index is 0.151. The molecule has 3 N–H and O–H groups in total. The summed E-state index contributed by atoms with van der Waals surface area (Å²) in [6.07, 6.45) is 4.04. The third-order valence-corrected chi connectivity index (χ3v) is 4.57. The lowest BCUT2D eigenvalue weighted by Gasteiger charge is -2.36. The summed E-state index contributed by atoms with van der Waals surface area (Å²) in [6, 6.07) is 0. The zero-order chi connectivity index (χ0) is 14.3. The molecule has 0 bridgehead atoms. The normalized spacial score (nSPS) is 22.0. The average Bonchev–Trinajstić information content (AvgIpc) is 2.43. The van der Waals surface area contributed by atoms with Gasteiger partial charge < -0.3 is 15.7 Å². The standard InChI is InChI=1S/C15H30N2O2/c1-4-12(7-9-18)10-17-14(19)15(2,3)13-6-5-8-16-11-13/h12-13,16,18H,4-11H2,1-3H3,(H,17,19). The third kappa shape index (κ3) is 4.77. The average molecular weight is 270 g/mol. The molecule has 1 rings (SSSR count). The molecule has 4 nitrogen and oxygen atoms in total. The molecule has 0 spiro atoms. The van der Waals surface area contributed by atoms with Crippen molar-refractivity contribution < 1.29 is 9.90 Å². The van der Waals surface area contributed by atoms with Crippen LogP contribution in [0.2, 0.25) is 0 Å². The van der Waals surface area contributed by atoms with Crippen LogP contribution in [0, 0.1) is 17.3 Å². The number of aliphatic hydroxyl groups excluding tert-OH is 1. The van der Waals surface area contributed by atoms with E-state index in [-0.39, 0.29) is 17.9 Å². The van der Waals surface area contributed by atoms with Crippen molar-refractivity contribution in [2.75, 3.05) is 26.2 Å². The smallest absolute Gasteiger partial charge is 0.225 e. The highest BCUT2D eigenvalue weighted by Gasteiger charge is 2.37. The molecule has 19 heavy (non-hydrogen) atoms. The summed E-state index contributed by atoms with van der Waals surface area (Å²) < 4.78 is 0. The number of carbonyl (C=O) groups is 1. The van der Waals surface area contributed by atoms with Crippen molar-refractivity contribution in [3.8, 4) is 0 Å². The molecule has 1 saturated heterocycles. The lowest BCUT2D eigenvalue weighted by molar-refractivity contribution is -0.132. The highest BCUT2D eigenvalue weighted by Crippen LogP contribution is 2.31. The van der Waals surface area contributed by atoms with Crippen LogP contribution in [-0.2, 0) is 4.79 Å². The van der Waals surface area contributed by atoms with E-state index in [1.807, 2.05) is 13.8 Å². The minimum Gasteiger partial charge on any atom is -0.396 e. The topological polar surface area (TPSA) is 61.4 Å². The minimum atomic E-state index is -0.315. The lowest BCUT2D eigenvalue weighted by Crippen LogP contribution is -2.48. The van der Waals surface area contributed by atoms with Crippen LogP contribution in [0.15, 0.2) is 0 Å². The Balaban J connectivity index is 2.45. The highest BCUT2D eigenvalue weighted by atomic mass is 16.3. The maximum absolute atomic E-state index is 12.4. The van der Waals surface area contributed by atoms with Gasteiger partial charge in [-0.3, -0.25) is 4.79 Å². The van der Waals surface area contributed by atoms with Gasteiger partial charge in [0.2, 0.25) is 5.91 Å². The van der Waals surface area contributed by atoms with Gasteiger partial charge in [-0.2, -0.15) is 0 Å². The van der Waals surface area contributed by atoms with Crippen molar-refractivity contribution in [1.29, 1.82) is 0 Å². The number of hydrogen-bond donors (Lipinski definition) is 3. The van der Waals surface area contributed by atoms with Gasteiger partial charge in [0, 0.05) is 18.6 Å². The molecule has 2 atom stereocenters. The molecule has 0 aromatic heterocycles. The summed E-state index contributed by atoms with van der Waals surface area (Å²) in [5.41, 5.74) is -0.315. The van der Waals surface area contributed by atoms with Crippen molar-refractivity contribution in [3.05, 3.63) is 0 Å². The first-order valence-corrected chi connectivity index (χ1v) is 7.62. The summed E-state index contributed by atoms with van der Waals surface area (Å²) in [5, 5.41) is 15.4. The zero-order valence-electron chi connectivity index (χ0n) is 12.7. The van der Waals surface area contributed by atoms with Crippen molar-refractivity contribution in [2.45, 2.75) is 46.5 Å². The van der Waals surface area contributed by atoms with E-state index in [0.717, 1.165) is 38.8 Å². The molecule has 1 amide bonds. The number of carbonyl (C=O) groups excluding carboxylic acids is 1. The van der Waals surface area contributed by atoms with Crippen LogP contribution < -0.4 is 10.6 Å². The molecule has 0 radical (unpaired) electrons. The number of piperidine rings is 1. The Morgan fingerprint density at radius 3 is 2.79 bits per heavy atom. The number of nitrogens with one attached hydrogen (secondary N) is 2. The lowest BCUT2D eigenvalue weighted by atomic mass is 9.74. The Hall–Kier alpha value is -0.610. The summed E-state index contributed by atoms with van der Waals surface area (Å²) in [5.74, 6) is 0.950. The molecule has 4 heteroatoms. The van der Waals surface area contributed by atoms with Gasteiger partial charge in [-0.15, -0.1) is 0 Å². The van der Waals surface area contributed by atoms with E-state index in [1.54, 1.807) is 0 Å². The summed E-state index contributed by atoms with van der Waals surface area (Å²) in [4.78, 5) is 12.4. The van der Waals surface area contributed by atoms with Gasteiger partial charge in [0.05, 0.1) is 0 Å². The van der Waals surface area contributed by atoms with Gasteiger partial charge in [-0.25, -0.2) is 0 Å². The quantitative estimate of drug-likeness (QED) is 0.657. The molecule has 0 aliphatic carbocycles. The number of hydrogen-bond acceptors (Lipinski definition) is 3. The van der Waals surface area contributed by atoms with E-state index < -0.39 is 0 Å². The number of aliphatic hydroxyl groups is 1. The summed E-state index contributed by atoms with van der Waals surface area (Å²) in [7, 11) is 0. The fraction of sp³-hybridized carbons (Fsp3) is 0.933. The molecular weight excluding hydrogens is 240 g/mol.